The molecule has 0 aromatic heterocycles. The molecule has 2 rings (SSSR count). The Labute approximate surface area is 264 Å². The van der Waals surface area contributed by atoms with E-state index in [1.54, 1.807) is 12.1 Å². The number of nitrogens with one attached hydrogen (secondary N) is 4. The molecule has 2 aromatic carbocycles. The van der Waals surface area contributed by atoms with E-state index in [-0.39, 0.29) is 36.9 Å². The van der Waals surface area contributed by atoms with Gasteiger partial charge in [0.15, 0.2) is 13.2 Å². The van der Waals surface area contributed by atoms with E-state index in [9.17, 15) is 19.2 Å². The number of unbranched alkanes of at least 4 members (excludes halogenated alkanes) is 1. The van der Waals surface area contributed by atoms with E-state index in [0.717, 1.165) is 20.1 Å². The van der Waals surface area contributed by atoms with Crippen LogP contribution in [0, 0.1) is 0 Å². The standard InChI is InChI=1S/C30H40Br2N4O6/c1-29(2,3)19-11-13-23(21(31)15-19)41-17-27(39)35-33-25(37)9-7-8-10-26(38)34-36-28(40)18-42-24-14-12-20(16-22(24)32)30(4,5)6/h11-16H,7-10,17-18H2,1-6H3,(H,33,37)(H,34,38)(H,35,39)(H,36,40). The lowest BCUT2D eigenvalue weighted by molar-refractivity contribution is -0.130. The van der Waals surface area contributed by atoms with Gasteiger partial charge in [0.1, 0.15) is 11.5 Å². The highest BCUT2D eigenvalue weighted by Gasteiger charge is 2.17. The molecule has 0 unspecified atom stereocenters. The molecule has 0 aliphatic heterocycles. The fourth-order valence-electron chi connectivity index (χ4n) is 3.50. The van der Waals surface area contributed by atoms with Crippen LogP contribution in [0.4, 0.5) is 0 Å². The molecule has 4 amide bonds. The van der Waals surface area contributed by atoms with Gasteiger partial charge >= 0.3 is 0 Å². The summed E-state index contributed by atoms with van der Waals surface area (Å²) < 4.78 is 12.5. The average Bonchev–Trinajstić information content (AvgIpc) is 2.90. The third-order valence-corrected chi connectivity index (χ3v) is 7.29. The maximum absolute atomic E-state index is 12.0. The SMILES string of the molecule is CC(C)(C)c1ccc(OCC(=O)NNC(=O)CCCCC(=O)NNC(=O)COc2ccc(C(C)(C)C)cc2Br)c(Br)c1. The molecule has 0 bridgehead atoms. The molecule has 0 saturated heterocycles. The molecule has 0 spiro atoms. The number of carbonyl (C=O) groups is 4. The summed E-state index contributed by atoms with van der Waals surface area (Å²) in [5.74, 6) is -0.777. The van der Waals surface area contributed by atoms with Crippen LogP contribution in [-0.2, 0) is 30.0 Å². The van der Waals surface area contributed by atoms with E-state index in [2.05, 4.69) is 95.1 Å². The summed E-state index contributed by atoms with van der Waals surface area (Å²) in [6.45, 7) is 12.1. The van der Waals surface area contributed by atoms with E-state index in [0.29, 0.717) is 24.3 Å². The lowest BCUT2D eigenvalue weighted by atomic mass is 9.87. The van der Waals surface area contributed by atoms with Gasteiger partial charge in [0, 0.05) is 12.8 Å². The molecule has 12 heteroatoms. The van der Waals surface area contributed by atoms with Gasteiger partial charge in [0.05, 0.1) is 8.95 Å². The minimum Gasteiger partial charge on any atom is -0.483 e. The molecule has 4 N–H and O–H groups in total. The molecular weight excluding hydrogens is 672 g/mol. The molecule has 230 valence electrons. The minimum atomic E-state index is -0.511. The Morgan fingerprint density at radius 3 is 1.24 bits per heavy atom. The number of carbonyl (C=O) groups excluding carboxylic acids is 4. The van der Waals surface area contributed by atoms with Crippen molar-refractivity contribution < 1.29 is 28.7 Å². The number of ether oxygens (including phenoxy) is 2. The van der Waals surface area contributed by atoms with Crippen molar-refractivity contribution in [3.8, 4) is 11.5 Å². The molecule has 0 heterocycles. The molecule has 0 atom stereocenters. The molecule has 0 aliphatic carbocycles. The second-order valence-electron chi connectivity index (χ2n) is 11.8. The number of amides is 4. The molecule has 42 heavy (non-hydrogen) atoms. The first-order chi connectivity index (χ1) is 19.6. The van der Waals surface area contributed by atoms with Crippen LogP contribution in [0.25, 0.3) is 0 Å². The maximum Gasteiger partial charge on any atom is 0.276 e. The predicted molar refractivity (Wildman–Crippen MR) is 168 cm³/mol. The first-order valence-electron chi connectivity index (χ1n) is 13.6. The number of benzene rings is 2. The number of hydrogen-bond acceptors (Lipinski definition) is 6. The van der Waals surface area contributed by atoms with Crippen molar-refractivity contribution in [2.24, 2.45) is 0 Å². The van der Waals surface area contributed by atoms with Crippen LogP contribution in [0.15, 0.2) is 45.3 Å². The van der Waals surface area contributed by atoms with E-state index < -0.39 is 23.6 Å². The van der Waals surface area contributed by atoms with Crippen molar-refractivity contribution >= 4 is 55.5 Å². The fourth-order valence-corrected chi connectivity index (χ4v) is 4.49. The van der Waals surface area contributed by atoms with Gasteiger partial charge in [-0.3, -0.25) is 40.9 Å². The number of hydrogen-bond donors (Lipinski definition) is 4. The third-order valence-electron chi connectivity index (χ3n) is 6.05. The molecular formula is C30H40Br2N4O6. The van der Waals surface area contributed by atoms with Gasteiger partial charge in [-0.2, -0.15) is 0 Å². The van der Waals surface area contributed by atoms with Crippen LogP contribution in [0.3, 0.4) is 0 Å². The highest BCUT2D eigenvalue weighted by Crippen LogP contribution is 2.32. The van der Waals surface area contributed by atoms with Crippen molar-refractivity contribution in [2.45, 2.75) is 78.1 Å². The number of hydrazine groups is 2. The van der Waals surface area contributed by atoms with Gasteiger partial charge in [0.25, 0.3) is 11.8 Å². The van der Waals surface area contributed by atoms with Gasteiger partial charge in [-0.1, -0.05) is 53.7 Å². The van der Waals surface area contributed by atoms with Gasteiger partial charge in [-0.25, -0.2) is 0 Å². The van der Waals surface area contributed by atoms with Crippen molar-refractivity contribution in [1.29, 1.82) is 0 Å². The number of halogens is 2. The number of rotatable bonds is 11. The molecule has 0 saturated carbocycles. The monoisotopic (exact) mass is 710 g/mol. The smallest absolute Gasteiger partial charge is 0.276 e. The van der Waals surface area contributed by atoms with E-state index in [1.807, 2.05) is 24.3 Å². The van der Waals surface area contributed by atoms with Crippen LogP contribution in [0.5, 0.6) is 11.5 Å². The largest absolute Gasteiger partial charge is 0.483 e. The normalized spacial score (nSPS) is 11.3. The van der Waals surface area contributed by atoms with Crippen molar-refractivity contribution in [3.63, 3.8) is 0 Å². The van der Waals surface area contributed by atoms with Crippen LogP contribution in [0.2, 0.25) is 0 Å². The molecule has 0 radical (unpaired) electrons. The predicted octanol–water partition coefficient (Wildman–Crippen LogP) is 5.12. The highest BCUT2D eigenvalue weighted by atomic mass is 79.9. The first kappa shape index (κ1) is 35.1. The highest BCUT2D eigenvalue weighted by molar-refractivity contribution is 9.10. The first-order valence-corrected chi connectivity index (χ1v) is 15.2. The summed E-state index contributed by atoms with van der Waals surface area (Å²) in [4.78, 5) is 48.1. The van der Waals surface area contributed by atoms with Crippen molar-refractivity contribution in [1.82, 2.24) is 21.7 Å². The second kappa shape index (κ2) is 15.9. The minimum absolute atomic E-state index is 0.0179. The Kier molecular flexibility index (Phi) is 13.3. The van der Waals surface area contributed by atoms with Gasteiger partial charge < -0.3 is 9.47 Å². The summed E-state index contributed by atoms with van der Waals surface area (Å²) in [5.41, 5.74) is 11.5. The van der Waals surface area contributed by atoms with Crippen LogP contribution in [-0.4, -0.2) is 36.8 Å². The summed E-state index contributed by atoms with van der Waals surface area (Å²) in [5, 5.41) is 0. The lowest BCUT2D eigenvalue weighted by Gasteiger charge is -2.20. The Hall–Kier alpha value is -3.12. The zero-order valence-corrected chi connectivity index (χ0v) is 28.1. The second-order valence-corrected chi connectivity index (χ2v) is 13.5. The third kappa shape index (κ3) is 12.4. The van der Waals surface area contributed by atoms with E-state index >= 15 is 0 Å². The Bertz CT molecular complexity index is 1170. The topological polar surface area (TPSA) is 135 Å². The quantitative estimate of drug-likeness (QED) is 0.189. The summed E-state index contributed by atoms with van der Waals surface area (Å²) in [7, 11) is 0. The van der Waals surface area contributed by atoms with Crippen LogP contribution >= 0.6 is 31.9 Å². The summed E-state index contributed by atoms with van der Waals surface area (Å²) in [6.07, 6.45) is 1.04. The Morgan fingerprint density at radius 2 is 0.929 bits per heavy atom. The molecule has 0 aliphatic rings. The van der Waals surface area contributed by atoms with E-state index in [1.165, 1.54) is 0 Å². The van der Waals surface area contributed by atoms with Gasteiger partial charge in [-0.05, 0) is 90.9 Å². The molecule has 10 nitrogen and oxygen atoms in total. The van der Waals surface area contributed by atoms with Gasteiger partial charge in [0.2, 0.25) is 11.8 Å². The average molecular weight is 712 g/mol. The zero-order chi connectivity index (χ0) is 31.5. The fraction of sp³-hybridized carbons (Fsp3) is 0.467. The summed E-state index contributed by atoms with van der Waals surface area (Å²) >= 11 is 6.91. The lowest BCUT2D eigenvalue weighted by Crippen LogP contribution is -2.44. The van der Waals surface area contributed by atoms with Crippen molar-refractivity contribution in [3.05, 3.63) is 56.5 Å². The Morgan fingerprint density at radius 1 is 0.595 bits per heavy atom. The van der Waals surface area contributed by atoms with E-state index in [4.69, 9.17) is 9.47 Å². The maximum atomic E-state index is 12.0. The van der Waals surface area contributed by atoms with Gasteiger partial charge in [-0.15, -0.1) is 0 Å². The Balaban J connectivity index is 1.57. The van der Waals surface area contributed by atoms with Crippen LogP contribution < -0.4 is 31.2 Å². The summed E-state index contributed by atoms with van der Waals surface area (Å²) in [6, 6.07) is 11.4. The molecule has 0 fully saturated rings. The molecule has 2 aromatic rings. The van der Waals surface area contributed by atoms with Crippen molar-refractivity contribution in [2.75, 3.05) is 13.2 Å². The van der Waals surface area contributed by atoms with Crippen LogP contribution in [0.1, 0.15) is 78.4 Å². The zero-order valence-electron chi connectivity index (χ0n) is 24.9.